The van der Waals surface area contributed by atoms with Crippen molar-refractivity contribution in [3.63, 3.8) is 0 Å². The normalized spacial score (nSPS) is 13.3. The van der Waals surface area contributed by atoms with E-state index in [1.54, 1.807) is 0 Å². The zero-order valence-corrected chi connectivity index (χ0v) is 43.0. The highest BCUT2D eigenvalue weighted by molar-refractivity contribution is 8.00. The van der Waals surface area contributed by atoms with Crippen LogP contribution >= 0.6 is 23.5 Å². The number of unbranched alkanes of at least 4 members (excludes halogenated alkanes) is 30. The molecule has 1 aromatic rings. The van der Waals surface area contributed by atoms with Crippen molar-refractivity contribution in [1.29, 1.82) is 0 Å². The number of benzene rings is 1. The second-order valence-electron chi connectivity index (χ2n) is 20.7. The number of hydrogen-bond acceptors (Lipinski definition) is 4. The molecule has 0 spiro atoms. The minimum atomic E-state index is -0.729. The van der Waals surface area contributed by atoms with Crippen LogP contribution in [0.25, 0.3) is 0 Å². The number of thioether (sulfide) groups is 2. The molecule has 0 fully saturated rings. The summed E-state index contributed by atoms with van der Waals surface area (Å²) in [5.41, 5.74) is 2.00. The Bertz CT molecular complexity index is 1120. The smallest absolute Gasteiger partial charge is 0.312 e. The third kappa shape index (κ3) is 28.8. The Morgan fingerprint density at radius 1 is 0.483 bits per heavy atom. The van der Waals surface area contributed by atoms with Gasteiger partial charge in [0.15, 0.2) is 0 Å². The monoisotopic (exact) mass is 875 g/mol. The number of phenolic OH excluding ortho intramolecular Hbond substituents is 1. The summed E-state index contributed by atoms with van der Waals surface area (Å²) >= 11 is 3.93. The quantitative estimate of drug-likeness (QED) is 0.0642. The molecule has 0 aliphatic carbocycles. The van der Waals surface area contributed by atoms with E-state index in [-0.39, 0.29) is 16.1 Å². The number of aliphatic carboxylic acids is 1. The summed E-state index contributed by atoms with van der Waals surface area (Å²) in [6.07, 6.45) is 45.1. The van der Waals surface area contributed by atoms with Crippen LogP contribution < -0.4 is 0 Å². The van der Waals surface area contributed by atoms with E-state index in [2.05, 4.69) is 55.4 Å². The molecule has 0 aliphatic rings. The number of phenols is 1. The van der Waals surface area contributed by atoms with Gasteiger partial charge in [0.05, 0.1) is 5.92 Å². The van der Waals surface area contributed by atoms with E-state index in [1.807, 2.05) is 35.7 Å². The van der Waals surface area contributed by atoms with Gasteiger partial charge in [-0.05, 0) is 64.0 Å². The fourth-order valence-electron chi connectivity index (χ4n) is 8.78. The van der Waals surface area contributed by atoms with Crippen molar-refractivity contribution in [1.82, 2.24) is 0 Å². The Balaban J connectivity index is 2.58. The maximum atomic E-state index is 13.2. The first kappa shape index (κ1) is 57.2. The molecule has 0 saturated carbocycles. The number of rotatable bonds is 41. The predicted molar refractivity (Wildman–Crippen MR) is 273 cm³/mol. The summed E-state index contributed by atoms with van der Waals surface area (Å²) in [6, 6.07) is 4.05. The Kier molecular flexibility index (Phi) is 34.8. The van der Waals surface area contributed by atoms with Gasteiger partial charge in [0.2, 0.25) is 0 Å². The van der Waals surface area contributed by atoms with Crippen molar-refractivity contribution in [3.05, 3.63) is 28.8 Å². The molecular weight excluding hydrogens is 773 g/mol. The van der Waals surface area contributed by atoms with Crippen molar-refractivity contribution < 1.29 is 15.0 Å². The van der Waals surface area contributed by atoms with Gasteiger partial charge < -0.3 is 10.2 Å². The van der Waals surface area contributed by atoms with E-state index in [0.29, 0.717) is 5.75 Å². The van der Waals surface area contributed by atoms with E-state index >= 15 is 0 Å². The number of hydrogen-bond donors (Lipinski definition) is 2. The molecular formula is C55H102O3S2. The molecule has 0 aromatic heterocycles. The van der Waals surface area contributed by atoms with Gasteiger partial charge in [0.25, 0.3) is 0 Å². The largest absolute Gasteiger partial charge is 0.507 e. The summed E-state index contributed by atoms with van der Waals surface area (Å²) in [6.45, 7) is 17.3. The highest BCUT2D eigenvalue weighted by Crippen LogP contribution is 2.43. The van der Waals surface area contributed by atoms with Crippen molar-refractivity contribution in [2.24, 2.45) is 0 Å². The van der Waals surface area contributed by atoms with Crippen LogP contribution in [0, 0.1) is 0 Å². The molecule has 0 aliphatic heterocycles. The summed E-state index contributed by atoms with van der Waals surface area (Å²) < 4.78 is 0. The Morgan fingerprint density at radius 3 is 1.08 bits per heavy atom. The lowest BCUT2D eigenvalue weighted by Gasteiger charge is -2.31. The lowest BCUT2D eigenvalue weighted by atomic mass is 9.76. The third-order valence-corrected chi connectivity index (χ3v) is 15.3. The van der Waals surface area contributed by atoms with Gasteiger partial charge in [0, 0.05) is 5.25 Å². The molecule has 0 radical (unpaired) electrons. The van der Waals surface area contributed by atoms with E-state index in [1.165, 1.54) is 205 Å². The average Bonchev–Trinajstić information content (AvgIpc) is 3.19. The zero-order valence-electron chi connectivity index (χ0n) is 41.4. The van der Waals surface area contributed by atoms with Crippen LogP contribution in [0.1, 0.15) is 290 Å². The number of carboxylic acid groups (broad SMARTS) is 1. The molecule has 352 valence electrons. The molecule has 5 heteroatoms. The third-order valence-electron chi connectivity index (χ3n) is 12.8. The predicted octanol–water partition coefficient (Wildman–Crippen LogP) is 18.9. The van der Waals surface area contributed by atoms with Gasteiger partial charge in [-0.15, -0.1) is 0 Å². The summed E-state index contributed by atoms with van der Waals surface area (Å²) in [7, 11) is 0. The highest BCUT2D eigenvalue weighted by Gasteiger charge is 2.34. The van der Waals surface area contributed by atoms with Gasteiger partial charge in [0.1, 0.15) is 5.75 Å². The lowest BCUT2D eigenvalue weighted by molar-refractivity contribution is -0.138. The van der Waals surface area contributed by atoms with E-state index in [9.17, 15) is 15.0 Å². The molecule has 2 N–H and O–H groups in total. The molecule has 3 nitrogen and oxygen atoms in total. The van der Waals surface area contributed by atoms with Crippen molar-refractivity contribution in [3.8, 4) is 5.75 Å². The molecule has 1 rings (SSSR count). The van der Waals surface area contributed by atoms with Crippen LogP contribution in [0.3, 0.4) is 0 Å². The number of aromatic hydroxyl groups is 1. The van der Waals surface area contributed by atoms with Gasteiger partial charge in [-0.2, -0.15) is 23.5 Å². The minimum absolute atomic E-state index is 0.0160. The molecule has 60 heavy (non-hydrogen) atoms. The summed E-state index contributed by atoms with van der Waals surface area (Å²) in [5, 5.41) is 22.3. The van der Waals surface area contributed by atoms with Crippen LogP contribution in [0.4, 0.5) is 0 Å². The summed E-state index contributed by atoms with van der Waals surface area (Å²) in [4.78, 5) is 13.2. The van der Waals surface area contributed by atoms with E-state index in [0.717, 1.165) is 41.0 Å². The van der Waals surface area contributed by atoms with Gasteiger partial charge in [-0.1, -0.05) is 260 Å². The molecule has 0 bridgehead atoms. The Morgan fingerprint density at radius 2 is 0.783 bits per heavy atom. The van der Waals surface area contributed by atoms with Crippen LogP contribution in [-0.2, 0) is 15.6 Å². The Hall–Kier alpha value is -0.810. The fourth-order valence-corrected chi connectivity index (χ4v) is 11.4. The van der Waals surface area contributed by atoms with Crippen LogP contribution in [-0.4, -0.2) is 38.7 Å². The van der Waals surface area contributed by atoms with Crippen LogP contribution in [0.15, 0.2) is 12.1 Å². The highest BCUT2D eigenvalue weighted by atomic mass is 32.2. The molecule has 2 unspecified atom stereocenters. The first-order valence-electron chi connectivity index (χ1n) is 26.1. The van der Waals surface area contributed by atoms with Crippen molar-refractivity contribution in [2.45, 2.75) is 289 Å². The number of carbonyl (C=O) groups is 1. The molecule has 2 atom stereocenters. The second-order valence-corrected chi connectivity index (χ2v) is 23.3. The second kappa shape index (κ2) is 36.5. The van der Waals surface area contributed by atoms with E-state index < -0.39 is 11.9 Å². The number of carboxylic acids is 1. The maximum Gasteiger partial charge on any atom is 0.312 e. The fraction of sp³-hybridized carbons (Fsp3) is 0.873. The molecule has 0 amide bonds. The molecule has 0 saturated heterocycles. The first-order chi connectivity index (χ1) is 28.8. The van der Waals surface area contributed by atoms with Crippen molar-refractivity contribution in [2.75, 3.05) is 17.3 Å². The van der Waals surface area contributed by atoms with Crippen LogP contribution in [0.2, 0.25) is 0 Å². The topological polar surface area (TPSA) is 57.5 Å². The summed E-state index contributed by atoms with van der Waals surface area (Å²) in [5.74, 6) is 2.22. The molecule has 1 aromatic carbocycles. The minimum Gasteiger partial charge on any atom is -0.507 e. The van der Waals surface area contributed by atoms with Gasteiger partial charge >= 0.3 is 5.97 Å². The SMILES string of the molecule is CCCCCCCCCCCCCCCCCCSCCC(SCCCCCCCCCCCCCCCCCC)C(C(=O)O)c1cc(C(C)(C)C)c(O)c(C(C)(C)C)c1. The average molecular weight is 876 g/mol. The maximum absolute atomic E-state index is 13.2. The van der Waals surface area contributed by atoms with Crippen molar-refractivity contribution >= 4 is 29.5 Å². The first-order valence-corrected chi connectivity index (χ1v) is 28.3. The lowest BCUT2D eigenvalue weighted by Crippen LogP contribution is -2.27. The van der Waals surface area contributed by atoms with Gasteiger partial charge in [-0.3, -0.25) is 4.79 Å². The van der Waals surface area contributed by atoms with E-state index in [4.69, 9.17) is 0 Å². The molecule has 0 heterocycles. The zero-order chi connectivity index (χ0) is 44.3. The van der Waals surface area contributed by atoms with Gasteiger partial charge in [-0.25, -0.2) is 0 Å². The van der Waals surface area contributed by atoms with Crippen LogP contribution in [0.5, 0.6) is 5.75 Å². The Labute approximate surface area is 383 Å². The standard InChI is InChI=1S/C55H102O3S2/c1-9-11-13-15-17-19-21-23-25-27-29-31-33-35-37-39-42-59-44-41-50(60-43-40-38-36-34-32-30-28-26-24-22-20-18-16-14-12-10-2)51(53(57)58)47-45-48(54(3,4)5)52(56)49(46-47)55(6,7)8/h45-46,50-51,56H,9-44H2,1-8H3,(H,57,58).